The van der Waals surface area contributed by atoms with Crippen molar-refractivity contribution in [3.8, 4) is 0 Å². The Hall–Kier alpha value is -1.56. The summed E-state index contributed by atoms with van der Waals surface area (Å²) < 4.78 is 0. The maximum absolute atomic E-state index is 2.41. The van der Waals surface area contributed by atoms with Gasteiger partial charge in [-0.1, -0.05) is 37.3 Å². The van der Waals surface area contributed by atoms with Crippen molar-refractivity contribution in [1.82, 2.24) is 0 Å². The molecule has 0 aromatic heterocycles. The van der Waals surface area contributed by atoms with Gasteiger partial charge >= 0.3 is 0 Å². The molecule has 0 heteroatoms. The fraction of sp³-hybridized carbons (Fsp3) is 0.294. The number of rotatable bonds is 0. The van der Waals surface area contributed by atoms with E-state index in [4.69, 9.17) is 0 Å². The molecule has 0 radical (unpaired) electrons. The molecule has 0 N–H and O–H groups in total. The Kier molecular flexibility index (Phi) is 2.32. The Morgan fingerprint density at radius 1 is 1.12 bits per heavy atom. The normalized spacial score (nSPS) is 18.4. The summed E-state index contributed by atoms with van der Waals surface area (Å²) in [6.07, 6.45) is 5.98. The van der Waals surface area contributed by atoms with E-state index in [1.165, 1.54) is 38.8 Å². The van der Waals surface area contributed by atoms with Crippen LogP contribution in [0.1, 0.15) is 24.5 Å². The van der Waals surface area contributed by atoms with E-state index in [1.807, 2.05) is 0 Å². The fourth-order valence-electron chi connectivity index (χ4n) is 2.88. The largest absolute Gasteiger partial charge is 0.0758 e. The van der Waals surface area contributed by atoms with Crippen LogP contribution < -0.4 is 10.4 Å². The third-order valence-electron chi connectivity index (χ3n) is 3.90. The van der Waals surface area contributed by atoms with E-state index in [0.717, 1.165) is 0 Å². The first-order valence-corrected chi connectivity index (χ1v) is 6.38. The second-order valence-corrected chi connectivity index (χ2v) is 5.26. The van der Waals surface area contributed by atoms with Crippen LogP contribution in [0.25, 0.3) is 22.9 Å². The number of hydrogen-bond donors (Lipinski definition) is 0. The Labute approximate surface area is 102 Å². The molecule has 1 unspecified atom stereocenters. The minimum atomic E-state index is 0.670. The van der Waals surface area contributed by atoms with Crippen molar-refractivity contribution in [3.63, 3.8) is 0 Å². The van der Waals surface area contributed by atoms with Gasteiger partial charge in [-0.3, -0.25) is 0 Å². The molecule has 0 nitrogen and oxygen atoms in total. The highest BCUT2D eigenvalue weighted by Crippen LogP contribution is 2.19. The van der Waals surface area contributed by atoms with E-state index in [-0.39, 0.29) is 0 Å². The monoisotopic (exact) mass is 222 g/mol. The number of benzene rings is 2. The minimum Gasteiger partial charge on any atom is -0.0758 e. The zero-order valence-electron chi connectivity index (χ0n) is 10.7. The minimum absolute atomic E-state index is 0.670. The molecule has 1 aliphatic carbocycles. The highest BCUT2D eigenvalue weighted by Gasteiger charge is 2.07. The van der Waals surface area contributed by atoms with Gasteiger partial charge in [0.25, 0.3) is 0 Å². The SMILES string of the molecule is Cc1cccc2c(C)c3c(cc12)=CC(C)CC=3. The molecule has 2 aromatic carbocycles. The summed E-state index contributed by atoms with van der Waals surface area (Å²) in [5.41, 5.74) is 2.81. The second-order valence-electron chi connectivity index (χ2n) is 5.26. The summed E-state index contributed by atoms with van der Waals surface area (Å²) in [7, 11) is 0. The van der Waals surface area contributed by atoms with Gasteiger partial charge in [0.2, 0.25) is 0 Å². The predicted molar refractivity (Wildman–Crippen MR) is 75.4 cm³/mol. The summed E-state index contributed by atoms with van der Waals surface area (Å²) in [6.45, 7) is 6.74. The third-order valence-corrected chi connectivity index (χ3v) is 3.90. The Morgan fingerprint density at radius 3 is 2.76 bits per heavy atom. The standard InChI is InChI=1S/C17H18/c1-11-7-8-15-13(3)16-6-4-5-12(2)17(16)10-14(15)9-11/h4-6,8-11H,7H2,1-3H3. The topological polar surface area (TPSA) is 0 Å². The van der Waals surface area contributed by atoms with E-state index in [2.05, 4.69) is 57.2 Å². The quantitative estimate of drug-likeness (QED) is 0.642. The lowest BCUT2D eigenvalue weighted by atomic mass is 9.92. The smallest absolute Gasteiger partial charge is 0.0146 e. The van der Waals surface area contributed by atoms with Crippen LogP contribution in [0.15, 0.2) is 24.3 Å². The highest BCUT2D eigenvalue weighted by molar-refractivity contribution is 5.89. The first-order chi connectivity index (χ1) is 8.16. The van der Waals surface area contributed by atoms with Crippen LogP contribution >= 0.6 is 0 Å². The predicted octanol–water partition coefficient (Wildman–Crippen LogP) is 3.06. The van der Waals surface area contributed by atoms with Crippen molar-refractivity contribution in [2.45, 2.75) is 27.2 Å². The van der Waals surface area contributed by atoms with E-state index >= 15 is 0 Å². The van der Waals surface area contributed by atoms with E-state index in [1.54, 1.807) is 0 Å². The lowest BCUT2D eigenvalue weighted by Crippen LogP contribution is -2.31. The first-order valence-electron chi connectivity index (χ1n) is 6.38. The molecule has 1 atom stereocenters. The summed E-state index contributed by atoms with van der Waals surface area (Å²) in [6, 6.07) is 8.96. The molecule has 0 fully saturated rings. The molecular weight excluding hydrogens is 204 g/mol. The van der Waals surface area contributed by atoms with Crippen molar-refractivity contribution in [3.05, 3.63) is 45.8 Å². The van der Waals surface area contributed by atoms with Gasteiger partial charge in [0.1, 0.15) is 0 Å². The Bertz CT molecular complexity index is 705. The molecule has 17 heavy (non-hydrogen) atoms. The third kappa shape index (κ3) is 1.59. The van der Waals surface area contributed by atoms with E-state index in [0.29, 0.717) is 5.92 Å². The molecule has 1 aliphatic rings. The molecule has 0 saturated heterocycles. The summed E-state index contributed by atoms with van der Waals surface area (Å²) in [5.74, 6) is 0.670. The molecular formula is C17H18. The van der Waals surface area contributed by atoms with E-state index in [9.17, 15) is 0 Å². The molecule has 0 bridgehead atoms. The van der Waals surface area contributed by atoms with Gasteiger partial charge in [0, 0.05) is 0 Å². The van der Waals surface area contributed by atoms with Crippen LogP contribution in [-0.2, 0) is 0 Å². The summed E-state index contributed by atoms with van der Waals surface area (Å²) >= 11 is 0. The maximum Gasteiger partial charge on any atom is -0.0146 e. The Morgan fingerprint density at radius 2 is 1.94 bits per heavy atom. The molecule has 0 spiro atoms. The molecule has 3 rings (SSSR count). The van der Waals surface area contributed by atoms with Crippen molar-refractivity contribution in [2.75, 3.05) is 0 Å². The van der Waals surface area contributed by atoms with Crippen LogP contribution in [0.2, 0.25) is 0 Å². The van der Waals surface area contributed by atoms with Gasteiger partial charge in [-0.05, 0) is 64.6 Å². The van der Waals surface area contributed by atoms with Crippen LogP contribution in [0, 0.1) is 19.8 Å². The van der Waals surface area contributed by atoms with Gasteiger partial charge in [0.05, 0.1) is 0 Å². The maximum atomic E-state index is 2.41. The molecule has 86 valence electrons. The van der Waals surface area contributed by atoms with Crippen molar-refractivity contribution < 1.29 is 0 Å². The van der Waals surface area contributed by atoms with Crippen LogP contribution in [0.5, 0.6) is 0 Å². The summed E-state index contributed by atoms with van der Waals surface area (Å²) in [5, 5.41) is 5.68. The summed E-state index contributed by atoms with van der Waals surface area (Å²) in [4.78, 5) is 0. The molecule has 0 aliphatic heterocycles. The van der Waals surface area contributed by atoms with Gasteiger partial charge in [-0.15, -0.1) is 0 Å². The van der Waals surface area contributed by atoms with Crippen LogP contribution in [0.3, 0.4) is 0 Å². The fourth-order valence-corrected chi connectivity index (χ4v) is 2.88. The lowest BCUT2D eigenvalue weighted by molar-refractivity contribution is 0.800. The van der Waals surface area contributed by atoms with E-state index < -0.39 is 0 Å². The van der Waals surface area contributed by atoms with Gasteiger partial charge < -0.3 is 0 Å². The van der Waals surface area contributed by atoms with Crippen molar-refractivity contribution in [2.24, 2.45) is 5.92 Å². The molecule has 0 saturated carbocycles. The van der Waals surface area contributed by atoms with Crippen molar-refractivity contribution in [1.29, 1.82) is 0 Å². The average Bonchev–Trinajstić information content (AvgIpc) is 2.30. The number of aryl methyl sites for hydroxylation is 2. The Balaban J connectivity index is 2.54. The highest BCUT2D eigenvalue weighted by atomic mass is 14.1. The lowest BCUT2D eigenvalue weighted by Gasteiger charge is -2.12. The molecule has 0 heterocycles. The van der Waals surface area contributed by atoms with Gasteiger partial charge in [-0.2, -0.15) is 0 Å². The zero-order valence-corrected chi connectivity index (χ0v) is 10.7. The first kappa shape index (κ1) is 10.6. The van der Waals surface area contributed by atoms with Crippen LogP contribution in [0.4, 0.5) is 0 Å². The van der Waals surface area contributed by atoms with Crippen molar-refractivity contribution >= 4 is 22.9 Å². The van der Waals surface area contributed by atoms with Crippen LogP contribution in [-0.4, -0.2) is 0 Å². The number of hydrogen-bond acceptors (Lipinski definition) is 0. The van der Waals surface area contributed by atoms with Gasteiger partial charge in [0.15, 0.2) is 0 Å². The average molecular weight is 222 g/mol. The zero-order chi connectivity index (χ0) is 12.0. The second kappa shape index (κ2) is 3.73. The molecule has 2 aromatic rings. The molecule has 0 amide bonds. The number of fused-ring (bicyclic) bond motifs is 2. The van der Waals surface area contributed by atoms with Gasteiger partial charge in [-0.25, -0.2) is 0 Å².